The van der Waals surface area contributed by atoms with E-state index in [4.69, 9.17) is 0 Å². The van der Waals surface area contributed by atoms with Gasteiger partial charge in [-0.2, -0.15) is 4.31 Å². The Kier molecular flexibility index (Phi) is 3.75. The summed E-state index contributed by atoms with van der Waals surface area (Å²) in [6.45, 7) is 7.64. The molecule has 4 nitrogen and oxygen atoms in total. The van der Waals surface area contributed by atoms with Crippen LogP contribution in [0.4, 0.5) is 0 Å². The molecule has 1 aromatic carbocycles. The van der Waals surface area contributed by atoms with Gasteiger partial charge >= 0.3 is 0 Å². The number of sulfonamides is 1. The van der Waals surface area contributed by atoms with Gasteiger partial charge in [0.2, 0.25) is 10.0 Å². The van der Waals surface area contributed by atoms with Crippen molar-refractivity contribution in [3.63, 3.8) is 0 Å². The Balaban J connectivity index is 2.35. The largest absolute Gasteiger partial charge is 0.312 e. The first-order valence-electron chi connectivity index (χ1n) is 6.21. The van der Waals surface area contributed by atoms with E-state index in [0.29, 0.717) is 24.5 Å². The van der Waals surface area contributed by atoms with Gasteiger partial charge in [-0.1, -0.05) is 6.07 Å². The van der Waals surface area contributed by atoms with Crippen molar-refractivity contribution in [2.45, 2.75) is 31.7 Å². The zero-order valence-corrected chi connectivity index (χ0v) is 11.9. The van der Waals surface area contributed by atoms with Crippen LogP contribution in [-0.4, -0.2) is 38.4 Å². The van der Waals surface area contributed by atoms with Crippen LogP contribution in [-0.2, 0) is 10.0 Å². The SMILES string of the molecule is Cc1cc(C)cc(S(=O)(=O)N2CCN[C@H](C)C2)c1. The van der Waals surface area contributed by atoms with Crippen LogP contribution in [0.1, 0.15) is 18.1 Å². The summed E-state index contributed by atoms with van der Waals surface area (Å²) in [5, 5.41) is 3.25. The average molecular weight is 268 g/mol. The highest BCUT2D eigenvalue weighted by molar-refractivity contribution is 7.89. The number of nitrogens with zero attached hydrogens (tertiary/aromatic N) is 1. The normalized spacial score (nSPS) is 22.1. The number of hydrogen-bond donors (Lipinski definition) is 1. The highest BCUT2D eigenvalue weighted by Crippen LogP contribution is 2.20. The van der Waals surface area contributed by atoms with Gasteiger partial charge in [-0.05, 0) is 44.0 Å². The van der Waals surface area contributed by atoms with Gasteiger partial charge in [-0.25, -0.2) is 8.42 Å². The van der Waals surface area contributed by atoms with Crippen molar-refractivity contribution in [3.8, 4) is 0 Å². The summed E-state index contributed by atoms with van der Waals surface area (Å²) in [7, 11) is -3.35. The molecule has 0 bridgehead atoms. The molecule has 0 saturated carbocycles. The molecule has 1 aromatic rings. The van der Waals surface area contributed by atoms with E-state index in [0.717, 1.165) is 11.1 Å². The van der Waals surface area contributed by atoms with Gasteiger partial charge in [0.1, 0.15) is 0 Å². The van der Waals surface area contributed by atoms with E-state index < -0.39 is 10.0 Å². The van der Waals surface area contributed by atoms with Gasteiger partial charge < -0.3 is 5.32 Å². The predicted molar refractivity (Wildman–Crippen MR) is 72.1 cm³/mol. The summed E-state index contributed by atoms with van der Waals surface area (Å²) < 4.78 is 26.6. The third kappa shape index (κ3) is 2.74. The quantitative estimate of drug-likeness (QED) is 0.879. The van der Waals surface area contributed by atoms with Crippen LogP contribution in [0.5, 0.6) is 0 Å². The molecule has 0 spiro atoms. The maximum absolute atomic E-state index is 12.5. The summed E-state index contributed by atoms with van der Waals surface area (Å²) in [4.78, 5) is 0.411. The Bertz CT molecular complexity index is 520. The monoisotopic (exact) mass is 268 g/mol. The highest BCUT2D eigenvalue weighted by atomic mass is 32.2. The summed E-state index contributed by atoms with van der Waals surface area (Å²) in [6.07, 6.45) is 0. The average Bonchev–Trinajstić information content (AvgIpc) is 2.27. The first-order valence-corrected chi connectivity index (χ1v) is 7.65. The Morgan fingerprint density at radius 3 is 2.39 bits per heavy atom. The van der Waals surface area contributed by atoms with Crippen molar-refractivity contribution in [2.75, 3.05) is 19.6 Å². The molecule has 5 heteroatoms. The number of hydrogen-bond acceptors (Lipinski definition) is 3. The fraction of sp³-hybridized carbons (Fsp3) is 0.538. The molecule has 1 atom stereocenters. The number of benzene rings is 1. The maximum Gasteiger partial charge on any atom is 0.243 e. The van der Waals surface area contributed by atoms with E-state index in [1.807, 2.05) is 26.8 Å². The lowest BCUT2D eigenvalue weighted by molar-refractivity contribution is 0.310. The molecule has 1 aliphatic heterocycles. The van der Waals surface area contributed by atoms with Gasteiger partial charge in [-0.3, -0.25) is 0 Å². The molecule has 1 heterocycles. The highest BCUT2D eigenvalue weighted by Gasteiger charge is 2.28. The number of nitrogens with one attached hydrogen (secondary N) is 1. The standard InChI is InChI=1S/C13H20N2O2S/c1-10-6-11(2)8-13(7-10)18(16,17)15-5-4-14-12(3)9-15/h6-8,12,14H,4-5,9H2,1-3H3/t12-/m1/s1. The second kappa shape index (κ2) is 4.99. The van der Waals surface area contributed by atoms with E-state index in [9.17, 15) is 8.42 Å². The lowest BCUT2D eigenvalue weighted by Crippen LogP contribution is -2.51. The van der Waals surface area contributed by atoms with E-state index >= 15 is 0 Å². The molecule has 1 aliphatic rings. The van der Waals surface area contributed by atoms with E-state index in [1.54, 1.807) is 16.4 Å². The molecule has 0 radical (unpaired) electrons. The molecule has 0 aliphatic carbocycles. The van der Waals surface area contributed by atoms with Crippen LogP contribution in [0.15, 0.2) is 23.1 Å². The van der Waals surface area contributed by atoms with Crippen LogP contribution in [0, 0.1) is 13.8 Å². The molecule has 100 valence electrons. The molecule has 0 unspecified atom stereocenters. The van der Waals surface area contributed by atoms with Crippen LogP contribution >= 0.6 is 0 Å². The minimum absolute atomic E-state index is 0.208. The topological polar surface area (TPSA) is 49.4 Å². The van der Waals surface area contributed by atoms with E-state index in [1.165, 1.54) is 0 Å². The van der Waals surface area contributed by atoms with Gasteiger partial charge in [0.25, 0.3) is 0 Å². The first-order chi connectivity index (χ1) is 8.39. The lowest BCUT2D eigenvalue weighted by atomic mass is 10.2. The molecule has 2 rings (SSSR count). The van der Waals surface area contributed by atoms with Crippen LogP contribution in [0.25, 0.3) is 0 Å². The summed E-state index contributed by atoms with van der Waals surface area (Å²) in [5.41, 5.74) is 1.97. The van der Waals surface area contributed by atoms with Crippen molar-refractivity contribution >= 4 is 10.0 Å². The van der Waals surface area contributed by atoms with Crippen molar-refractivity contribution in [1.82, 2.24) is 9.62 Å². The summed E-state index contributed by atoms with van der Waals surface area (Å²) >= 11 is 0. The lowest BCUT2D eigenvalue weighted by Gasteiger charge is -2.31. The third-order valence-corrected chi connectivity index (χ3v) is 5.01. The Hall–Kier alpha value is -0.910. The van der Waals surface area contributed by atoms with Gasteiger partial charge in [-0.15, -0.1) is 0 Å². The van der Waals surface area contributed by atoms with E-state index in [-0.39, 0.29) is 6.04 Å². The second-order valence-electron chi connectivity index (χ2n) is 5.04. The number of aryl methyl sites for hydroxylation is 2. The first kappa shape index (κ1) is 13.5. The van der Waals surface area contributed by atoms with Gasteiger partial charge in [0, 0.05) is 25.7 Å². The third-order valence-electron chi connectivity index (χ3n) is 3.16. The fourth-order valence-corrected chi connectivity index (χ4v) is 4.07. The smallest absolute Gasteiger partial charge is 0.243 e. The molecular formula is C13H20N2O2S. The minimum Gasteiger partial charge on any atom is -0.312 e. The van der Waals surface area contributed by atoms with Crippen molar-refractivity contribution in [3.05, 3.63) is 29.3 Å². The fourth-order valence-electron chi connectivity index (χ4n) is 2.35. The molecule has 1 fully saturated rings. The number of rotatable bonds is 2. The van der Waals surface area contributed by atoms with Crippen LogP contribution < -0.4 is 5.32 Å². The van der Waals surface area contributed by atoms with Crippen molar-refractivity contribution < 1.29 is 8.42 Å². The molecule has 0 aromatic heterocycles. The number of piperazine rings is 1. The van der Waals surface area contributed by atoms with Crippen LogP contribution in [0.3, 0.4) is 0 Å². The molecule has 0 amide bonds. The maximum atomic E-state index is 12.5. The van der Waals surface area contributed by atoms with Crippen LogP contribution in [0.2, 0.25) is 0 Å². The molecule has 1 N–H and O–H groups in total. The summed E-state index contributed by atoms with van der Waals surface area (Å²) in [6, 6.07) is 5.68. The molecule has 18 heavy (non-hydrogen) atoms. The zero-order chi connectivity index (χ0) is 13.3. The van der Waals surface area contributed by atoms with E-state index in [2.05, 4.69) is 5.32 Å². The van der Waals surface area contributed by atoms with Crippen molar-refractivity contribution in [1.29, 1.82) is 0 Å². The van der Waals surface area contributed by atoms with Gasteiger partial charge in [0.05, 0.1) is 4.90 Å². The van der Waals surface area contributed by atoms with Gasteiger partial charge in [0.15, 0.2) is 0 Å². The molecule has 1 saturated heterocycles. The molecular weight excluding hydrogens is 248 g/mol. The second-order valence-corrected chi connectivity index (χ2v) is 6.98. The Labute approximate surface area is 109 Å². The predicted octanol–water partition coefficient (Wildman–Crippen LogP) is 1.29. The summed E-state index contributed by atoms with van der Waals surface area (Å²) in [5.74, 6) is 0. The van der Waals surface area contributed by atoms with Crippen molar-refractivity contribution in [2.24, 2.45) is 0 Å². The Morgan fingerprint density at radius 2 is 1.83 bits per heavy atom. The minimum atomic E-state index is -3.35. The Morgan fingerprint density at radius 1 is 1.22 bits per heavy atom. The zero-order valence-electron chi connectivity index (χ0n) is 11.1.